The maximum Gasteiger partial charge on any atom is 0.220 e. The molecule has 0 fully saturated rings. The number of benzene rings is 1. The van der Waals surface area contributed by atoms with Gasteiger partial charge in [-0.2, -0.15) is 0 Å². The normalized spacial score (nSPS) is 12.8. The Morgan fingerprint density at radius 2 is 1.96 bits per heavy atom. The van der Waals surface area contributed by atoms with Crippen molar-refractivity contribution >= 4 is 15.7 Å². The molecule has 0 aliphatic heterocycles. The first-order valence-corrected chi connectivity index (χ1v) is 9.52. The van der Waals surface area contributed by atoms with Crippen LogP contribution < -0.4 is 5.32 Å². The first kappa shape index (κ1) is 18.3. The van der Waals surface area contributed by atoms with Gasteiger partial charge in [-0.15, -0.1) is 0 Å². The molecule has 5 nitrogen and oxygen atoms in total. The van der Waals surface area contributed by atoms with E-state index in [9.17, 15) is 13.2 Å². The molecular formula is C18H23NO4S. The third-order valence-electron chi connectivity index (χ3n) is 4.00. The molecule has 0 saturated carbocycles. The molecule has 1 heterocycles. The van der Waals surface area contributed by atoms with Crippen LogP contribution in [0.2, 0.25) is 0 Å². The summed E-state index contributed by atoms with van der Waals surface area (Å²) in [7, 11) is -3.68. The highest BCUT2D eigenvalue weighted by molar-refractivity contribution is 7.91. The number of carbonyl (C=O) groups excluding carboxylic acids is 1. The summed E-state index contributed by atoms with van der Waals surface area (Å²) in [6, 6.07) is 8.31. The summed E-state index contributed by atoms with van der Waals surface area (Å²) >= 11 is 0. The quantitative estimate of drug-likeness (QED) is 0.832. The summed E-state index contributed by atoms with van der Waals surface area (Å²) < 4.78 is 31.4. The predicted octanol–water partition coefficient (Wildman–Crippen LogP) is 3.33. The second-order valence-electron chi connectivity index (χ2n) is 5.85. The Morgan fingerprint density at radius 1 is 1.21 bits per heavy atom. The lowest BCUT2D eigenvalue weighted by molar-refractivity contribution is -0.121. The molecule has 0 radical (unpaired) electrons. The number of hydrogen-bond acceptors (Lipinski definition) is 4. The largest absolute Gasteiger partial charge is 0.468 e. The number of amides is 1. The van der Waals surface area contributed by atoms with Crippen LogP contribution in [0.25, 0.3) is 0 Å². The van der Waals surface area contributed by atoms with Crippen LogP contribution in [0.5, 0.6) is 0 Å². The van der Waals surface area contributed by atoms with E-state index in [4.69, 9.17) is 4.42 Å². The van der Waals surface area contributed by atoms with E-state index in [1.807, 2.05) is 20.8 Å². The van der Waals surface area contributed by atoms with Gasteiger partial charge in [0.15, 0.2) is 9.84 Å². The molecule has 0 aliphatic carbocycles. The Kier molecular flexibility index (Phi) is 5.83. The van der Waals surface area contributed by atoms with Gasteiger partial charge in [0.05, 0.1) is 11.2 Å². The third kappa shape index (κ3) is 4.06. The zero-order valence-electron chi connectivity index (χ0n) is 14.2. The van der Waals surface area contributed by atoms with Crippen LogP contribution in [0.1, 0.15) is 41.9 Å². The molecule has 0 aliphatic rings. The first-order valence-electron chi connectivity index (χ1n) is 7.97. The number of nitrogens with one attached hydrogen (secondary N) is 1. The Labute approximate surface area is 143 Å². The van der Waals surface area contributed by atoms with Gasteiger partial charge in [-0.1, -0.05) is 13.0 Å². The van der Waals surface area contributed by atoms with E-state index in [-0.39, 0.29) is 17.3 Å². The summed E-state index contributed by atoms with van der Waals surface area (Å²) in [6.45, 7) is 5.69. The maximum absolute atomic E-state index is 13.1. The topological polar surface area (TPSA) is 76.4 Å². The minimum atomic E-state index is -3.68. The molecule has 130 valence electrons. The van der Waals surface area contributed by atoms with Crippen molar-refractivity contribution in [1.82, 2.24) is 5.32 Å². The molecule has 1 aromatic carbocycles. The van der Waals surface area contributed by atoms with E-state index in [0.717, 1.165) is 11.1 Å². The molecule has 1 atom stereocenters. The SMILES string of the molecule is CCCC(=O)NC[C@H](c1ccco1)S(=O)(=O)c1ccc(C)c(C)c1. The molecule has 2 aromatic rings. The fraction of sp³-hybridized carbons (Fsp3) is 0.389. The van der Waals surface area contributed by atoms with Crippen LogP contribution in [-0.4, -0.2) is 20.9 Å². The lowest BCUT2D eigenvalue weighted by Gasteiger charge is -2.17. The Morgan fingerprint density at radius 3 is 2.54 bits per heavy atom. The van der Waals surface area contributed by atoms with Crippen LogP contribution >= 0.6 is 0 Å². The number of furan rings is 1. The Hall–Kier alpha value is -2.08. The third-order valence-corrected chi connectivity index (χ3v) is 6.06. The van der Waals surface area contributed by atoms with Gasteiger partial charge in [-0.05, 0) is 55.7 Å². The van der Waals surface area contributed by atoms with Gasteiger partial charge in [-0.3, -0.25) is 4.79 Å². The molecule has 0 spiro atoms. The van der Waals surface area contributed by atoms with Gasteiger partial charge in [0.1, 0.15) is 11.0 Å². The van der Waals surface area contributed by atoms with Crippen molar-refractivity contribution in [2.24, 2.45) is 0 Å². The van der Waals surface area contributed by atoms with Crippen LogP contribution in [0.4, 0.5) is 0 Å². The number of sulfone groups is 1. The minimum absolute atomic E-state index is 0.0123. The zero-order valence-corrected chi connectivity index (χ0v) is 15.0. The average molecular weight is 349 g/mol. The Bertz CT molecular complexity index is 794. The van der Waals surface area contributed by atoms with E-state index in [1.165, 1.54) is 6.26 Å². The molecule has 24 heavy (non-hydrogen) atoms. The molecule has 1 N–H and O–H groups in total. The summed E-state index contributed by atoms with van der Waals surface area (Å²) in [5.41, 5.74) is 1.93. The average Bonchev–Trinajstić information content (AvgIpc) is 3.04. The minimum Gasteiger partial charge on any atom is -0.468 e. The number of aryl methyl sites for hydroxylation is 2. The maximum atomic E-state index is 13.1. The lowest BCUT2D eigenvalue weighted by Crippen LogP contribution is -2.31. The first-order chi connectivity index (χ1) is 11.4. The van der Waals surface area contributed by atoms with Crippen LogP contribution in [0, 0.1) is 13.8 Å². The van der Waals surface area contributed by atoms with E-state index in [2.05, 4.69) is 5.32 Å². The van der Waals surface area contributed by atoms with Crippen LogP contribution in [0.15, 0.2) is 45.9 Å². The number of carbonyl (C=O) groups is 1. The van der Waals surface area contributed by atoms with Crippen molar-refractivity contribution in [3.05, 3.63) is 53.5 Å². The van der Waals surface area contributed by atoms with Gasteiger partial charge in [0.25, 0.3) is 0 Å². The predicted molar refractivity (Wildman–Crippen MR) is 92.5 cm³/mol. The van der Waals surface area contributed by atoms with Gasteiger partial charge in [0, 0.05) is 13.0 Å². The van der Waals surface area contributed by atoms with E-state index in [0.29, 0.717) is 18.6 Å². The van der Waals surface area contributed by atoms with Gasteiger partial charge in [-0.25, -0.2) is 8.42 Å². The van der Waals surface area contributed by atoms with Gasteiger partial charge >= 0.3 is 0 Å². The summed E-state index contributed by atoms with van der Waals surface area (Å²) in [5.74, 6) is 0.161. The number of rotatable bonds is 7. The molecular weight excluding hydrogens is 326 g/mol. The van der Waals surface area contributed by atoms with Crippen LogP contribution in [-0.2, 0) is 14.6 Å². The van der Waals surface area contributed by atoms with Crippen molar-refractivity contribution in [2.45, 2.75) is 43.8 Å². The van der Waals surface area contributed by atoms with Crippen molar-refractivity contribution < 1.29 is 17.6 Å². The molecule has 0 unspecified atom stereocenters. The van der Waals surface area contributed by atoms with Gasteiger partial charge < -0.3 is 9.73 Å². The second-order valence-corrected chi connectivity index (χ2v) is 7.98. The van der Waals surface area contributed by atoms with E-state index < -0.39 is 15.1 Å². The van der Waals surface area contributed by atoms with Gasteiger partial charge in [0.2, 0.25) is 5.91 Å². The lowest BCUT2D eigenvalue weighted by atomic mass is 10.1. The molecule has 1 amide bonds. The highest BCUT2D eigenvalue weighted by Crippen LogP contribution is 2.30. The highest BCUT2D eigenvalue weighted by atomic mass is 32.2. The van der Waals surface area contributed by atoms with E-state index in [1.54, 1.807) is 30.3 Å². The van der Waals surface area contributed by atoms with Crippen molar-refractivity contribution in [2.75, 3.05) is 6.54 Å². The summed E-state index contributed by atoms with van der Waals surface area (Å²) in [4.78, 5) is 12.0. The van der Waals surface area contributed by atoms with Crippen molar-refractivity contribution in [3.8, 4) is 0 Å². The summed E-state index contributed by atoms with van der Waals surface area (Å²) in [6.07, 6.45) is 2.52. The fourth-order valence-electron chi connectivity index (χ4n) is 2.41. The molecule has 0 saturated heterocycles. The van der Waals surface area contributed by atoms with Crippen molar-refractivity contribution in [3.63, 3.8) is 0 Å². The second kappa shape index (κ2) is 7.66. The molecule has 6 heteroatoms. The molecule has 0 bridgehead atoms. The zero-order chi connectivity index (χ0) is 17.7. The van der Waals surface area contributed by atoms with Crippen LogP contribution in [0.3, 0.4) is 0 Å². The molecule has 1 aromatic heterocycles. The number of hydrogen-bond donors (Lipinski definition) is 1. The van der Waals surface area contributed by atoms with Crippen molar-refractivity contribution in [1.29, 1.82) is 0 Å². The standard InChI is InChI=1S/C18H23NO4S/c1-4-6-18(20)19-12-17(16-7-5-10-23-16)24(21,22)15-9-8-13(2)14(3)11-15/h5,7-11,17H,4,6,12H2,1-3H3,(H,19,20)/t17-/m1/s1. The smallest absolute Gasteiger partial charge is 0.220 e. The highest BCUT2D eigenvalue weighted by Gasteiger charge is 2.32. The molecule has 2 rings (SSSR count). The monoisotopic (exact) mass is 349 g/mol. The Balaban J connectivity index is 2.34. The van der Waals surface area contributed by atoms with E-state index >= 15 is 0 Å². The summed E-state index contributed by atoms with van der Waals surface area (Å²) in [5, 5.41) is 1.75. The fourth-order valence-corrected chi connectivity index (χ4v) is 4.08.